The van der Waals surface area contributed by atoms with Crippen molar-refractivity contribution in [2.75, 3.05) is 6.61 Å². The van der Waals surface area contributed by atoms with Crippen LogP contribution in [0.4, 0.5) is 0 Å². The van der Waals surface area contributed by atoms with Crippen LogP contribution >= 0.6 is 0 Å². The predicted octanol–water partition coefficient (Wildman–Crippen LogP) is 7.36. The van der Waals surface area contributed by atoms with E-state index in [0.717, 1.165) is 30.3 Å². The first-order valence-electron chi connectivity index (χ1n) is 12.3. The van der Waals surface area contributed by atoms with E-state index in [4.69, 9.17) is 4.74 Å². The molecule has 2 aliphatic carbocycles. The van der Waals surface area contributed by atoms with E-state index in [2.05, 4.69) is 60.7 Å². The van der Waals surface area contributed by atoms with E-state index >= 15 is 0 Å². The molecule has 0 radical (unpaired) electrons. The maximum atomic E-state index is 5.86. The third kappa shape index (κ3) is 7.63. The minimum absolute atomic E-state index is 0.0166. The van der Waals surface area contributed by atoms with Crippen LogP contribution in [0.25, 0.3) is 0 Å². The molecule has 0 bridgehead atoms. The Balaban J connectivity index is 1.81. The standard InChI is InChI=1S/C26H51NO/c1-24(2,3)27-26(7,8)23-19-20(21-16-12-13-17-22(21)23)15-11-9-10-14-18-28-25(4,5)6/h20-23,27H,9-19H2,1-8H3. The Morgan fingerprint density at radius 2 is 1.39 bits per heavy atom. The second-order valence-corrected chi connectivity index (χ2v) is 12.5. The molecule has 0 aromatic carbocycles. The molecule has 0 amide bonds. The van der Waals surface area contributed by atoms with Gasteiger partial charge in [-0.25, -0.2) is 0 Å². The third-order valence-electron chi connectivity index (χ3n) is 7.18. The van der Waals surface area contributed by atoms with Crippen molar-refractivity contribution < 1.29 is 4.74 Å². The molecule has 4 unspecified atom stereocenters. The summed E-state index contributed by atoms with van der Waals surface area (Å²) in [6, 6.07) is 0. The maximum Gasteiger partial charge on any atom is 0.0598 e. The highest BCUT2D eigenvalue weighted by atomic mass is 16.5. The Kier molecular flexibility index (Phi) is 8.48. The van der Waals surface area contributed by atoms with Crippen LogP contribution < -0.4 is 5.32 Å². The normalized spacial score (nSPS) is 29.1. The quantitative estimate of drug-likeness (QED) is 0.413. The average molecular weight is 394 g/mol. The fraction of sp³-hybridized carbons (Fsp3) is 1.00. The van der Waals surface area contributed by atoms with Gasteiger partial charge in [0.05, 0.1) is 5.60 Å². The Morgan fingerprint density at radius 3 is 2.00 bits per heavy atom. The van der Waals surface area contributed by atoms with E-state index in [1.807, 2.05) is 0 Å². The van der Waals surface area contributed by atoms with Gasteiger partial charge >= 0.3 is 0 Å². The van der Waals surface area contributed by atoms with E-state index in [0.29, 0.717) is 0 Å². The van der Waals surface area contributed by atoms with Gasteiger partial charge < -0.3 is 10.1 Å². The van der Waals surface area contributed by atoms with Gasteiger partial charge in [-0.3, -0.25) is 0 Å². The summed E-state index contributed by atoms with van der Waals surface area (Å²) in [7, 11) is 0. The van der Waals surface area contributed by atoms with Gasteiger partial charge in [0.25, 0.3) is 0 Å². The zero-order valence-electron chi connectivity index (χ0n) is 20.5. The molecule has 28 heavy (non-hydrogen) atoms. The number of nitrogens with one attached hydrogen (secondary N) is 1. The van der Waals surface area contributed by atoms with Crippen LogP contribution in [0, 0.1) is 23.7 Å². The molecule has 2 heteroatoms. The summed E-state index contributed by atoms with van der Waals surface area (Å²) < 4.78 is 5.86. The van der Waals surface area contributed by atoms with E-state index in [9.17, 15) is 0 Å². The van der Waals surface area contributed by atoms with Crippen LogP contribution in [0.1, 0.15) is 120 Å². The van der Waals surface area contributed by atoms with Gasteiger partial charge in [-0.1, -0.05) is 38.5 Å². The van der Waals surface area contributed by atoms with Gasteiger partial charge in [-0.2, -0.15) is 0 Å². The van der Waals surface area contributed by atoms with Crippen molar-refractivity contribution in [2.24, 2.45) is 23.7 Å². The van der Waals surface area contributed by atoms with Crippen molar-refractivity contribution in [3.05, 3.63) is 0 Å². The minimum Gasteiger partial charge on any atom is -0.376 e. The van der Waals surface area contributed by atoms with Crippen LogP contribution in [0.3, 0.4) is 0 Å². The summed E-state index contributed by atoms with van der Waals surface area (Å²) in [5.41, 5.74) is 0.459. The molecule has 1 N–H and O–H groups in total. The Bertz CT molecular complexity index is 456. The molecule has 0 spiro atoms. The number of unbranched alkanes of at least 4 members (excludes halogenated alkanes) is 3. The molecular formula is C26H51NO. The van der Waals surface area contributed by atoms with Crippen molar-refractivity contribution in [1.82, 2.24) is 5.32 Å². The SMILES string of the molecule is CC(C)(C)NC(C)(C)C1CC(CCCCCCOC(C)(C)C)C2CCCCC21. The van der Waals surface area contributed by atoms with Gasteiger partial charge in [0, 0.05) is 17.7 Å². The van der Waals surface area contributed by atoms with Crippen LogP contribution in [0.2, 0.25) is 0 Å². The van der Waals surface area contributed by atoms with E-state index in [1.165, 1.54) is 64.2 Å². The zero-order chi connectivity index (χ0) is 21.0. The molecule has 4 atom stereocenters. The summed E-state index contributed by atoms with van der Waals surface area (Å²) in [5.74, 6) is 3.79. The van der Waals surface area contributed by atoms with Crippen molar-refractivity contribution in [3.63, 3.8) is 0 Å². The lowest BCUT2D eigenvalue weighted by Crippen LogP contribution is -2.55. The van der Waals surface area contributed by atoms with Gasteiger partial charge in [0.1, 0.15) is 0 Å². The molecule has 0 aromatic rings. The molecule has 2 saturated carbocycles. The number of ether oxygens (including phenoxy) is 1. The Morgan fingerprint density at radius 1 is 0.786 bits per heavy atom. The summed E-state index contributed by atoms with van der Waals surface area (Å²) in [6.45, 7) is 19.3. The number of hydrogen-bond acceptors (Lipinski definition) is 2. The van der Waals surface area contributed by atoms with Crippen LogP contribution in [-0.4, -0.2) is 23.3 Å². The monoisotopic (exact) mass is 393 g/mol. The molecular weight excluding hydrogens is 342 g/mol. The molecule has 0 aliphatic heterocycles. The Labute approximate surface area is 177 Å². The molecule has 166 valence electrons. The van der Waals surface area contributed by atoms with Crippen LogP contribution in [-0.2, 0) is 4.74 Å². The van der Waals surface area contributed by atoms with Gasteiger partial charge in [-0.05, 0) is 105 Å². The number of hydrogen-bond donors (Lipinski definition) is 1. The predicted molar refractivity (Wildman–Crippen MR) is 123 cm³/mol. The number of rotatable bonds is 9. The fourth-order valence-corrected chi connectivity index (χ4v) is 6.41. The molecule has 0 aromatic heterocycles. The molecule has 2 rings (SSSR count). The number of fused-ring (bicyclic) bond motifs is 1. The molecule has 2 fully saturated rings. The zero-order valence-corrected chi connectivity index (χ0v) is 20.5. The molecule has 0 heterocycles. The van der Waals surface area contributed by atoms with Gasteiger partial charge in [0.2, 0.25) is 0 Å². The summed E-state index contributed by atoms with van der Waals surface area (Å²) >= 11 is 0. The summed E-state index contributed by atoms with van der Waals surface area (Å²) in [4.78, 5) is 0. The lowest BCUT2D eigenvalue weighted by molar-refractivity contribution is -0.00478. The smallest absolute Gasteiger partial charge is 0.0598 e. The lowest BCUT2D eigenvalue weighted by atomic mass is 9.70. The van der Waals surface area contributed by atoms with Crippen molar-refractivity contribution in [3.8, 4) is 0 Å². The highest BCUT2D eigenvalue weighted by molar-refractivity contribution is 5.02. The second kappa shape index (κ2) is 9.82. The van der Waals surface area contributed by atoms with Gasteiger partial charge in [0.15, 0.2) is 0 Å². The van der Waals surface area contributed by atoms with Crippen molar-refractivity contribution >= 4 is 0 Å². The lowest BCUT2D eigenvalue weighted by Gasteiger charge is -2.43. The minimum atomic E-state index is 0.0166. The molecule has 0 saturated heterocycles. The second-order valence-electron chi connectivity index (χ2n) is 12.5. The molecule has 2 nitrogen and oxygen atoms in total. The van der Waals surface area contributed by atoms with E-state index < -0.39 is 0 Å². The summed E-state index contributed by atoms with van der Waals surface area (Å²) in [6.07, 6.45) is 14.2. The van der Waals surface area contributed by atoms with Crippen molar-refractivity contribution in [2.45, 2.75) is 136 Å². The first kappa shape index (κ1) is 24.2. The van der Waals surface area contributed by atoms with Crippen molar-refractivity contribution in [1.29, 1.82) is 0 Å². The highest BCUT2D eigenvalue weighted by Gasteiger charge is 2.49. The third-order valence-corrected chi connectivity index (χ3v) is 7.18. The van der Waals surface area contributed by atoms with E-state index in [1.54, 1.807) is 0 Å². The largest absolute Gasteiger partial charge is 0.376 e. The fourth-order valence-electron chi connectivity index (χ4n) is 6.41. The van der Waals surface area contributed by atoms with Gasteiger partial charge in [-0.15, -0.1) is 0 Å². The van der Waals surface area contributed by atoms with Crippen LogP contribution in [0.15, 0.2) is 0 Å². The Hall–Kier alpha value is -0.0800. The topological polar surface area (TPSA) is 21.3 Å². The van der Waals surface area contributed by atoms with Crippen LogP contribution in [0.5, 0.6) is 0 Å². The summed E-state index contributed by atoms with van der Waals surface area (Å²) in [5, 5.41) is 3.98. The average Bonchev–Trinajstić information content (AvgIpc) is 2.91. The maximum absolute atomic E-state index is 5.86. The molecule has 2 aliphatic rings. The van der Waals surface area contributed by atoms with E-state index in [-0.39, 0.29) is 16.7 Å². The first-order valence-corrected chi connectivity index (χ1v) is 12.3. The first-order chi connectivity index (χ1) is 12.9. The highest BCUT2D eigenvalue weighted by Crippen LogP contribution is 2.54.